The van der Waals surface area contributed by atoms with Gasteiger partial charge in [-0.2, -0.15) is 27.0 Å². The number of benzene rings is 1. The van der Waals surface area contributed by atoms with Crippen molar-refractivity contribution in [3.05, 3.63) is 35.9 Å². The number of esters is 1. The molecule has 0 radical (unpaired) electrons. The second kappa shape index (κ2) is 16.7. The van der Waals surface area contributed by atoms with Gasteiger partial charge < -0.3 is 24.4 Å². The standard InChI is InChI=1S/C24H38N2O6.2H2S/c1-17(2)19(25-23(29)32-24(3,4)5)13-14-21(27)26(6)20(22(28)30-7)16-31-15-18-11-9-8-10-12-18;;/h8-12,17,19-20H,13-16H2,1-7H3,(H,25,29);2*1H2/t19-,20-;;/m0../s1. The number of nitrogens with zero attached hydrogens (tertiary/aromatic N) is 1. The van der Waals surface area contributed by atoms with Gasteiger partial charge in [0.05, 0.1) is 20.3 Å². The highest BCUT2D eigenvalue weighted by atomic mass is 32.1. The van der Waals surface area contributed by atoms with Crippen molar-refractivity contribution in [1.29, 1.82) is 0 Å². The van der Waals surface area contributed by atoms with E-state index in [0.29, 0.717) is 13.0 Å². The summed E-state index contributed by atoms with van der Waals surface area (Å²) in [4.78, 5) is 38.5. The zero-order valence-electron chi connectivity index (χ0n) is 21.3. The smallest absolute Gasteiger partial charge is 0.407 e. The van der Waals surface area contributed by atoms with Crippen molar-refractivity contribution in [1.82, 2.24) is 10.2 Å². The molecule has 196 valence electrons. The van der Waals surface area contributed by atoms with E-state index >= 15 is 0 Å². The Labute approximate surface area is 218 Å². The van der Waals surface area contributed by atoms with E-state index in [0.717, 1.165) is 5.56 Å². The molecule has 0 unspecified atom stereocenters. The fraction of sp³-hybridized carbons (Fsp3) is 0.625. The summed E-state index contributed by atoms with van der Waals surface area (Å²) in [6.45, 7) is 9.65. The minimum atomic E-state index is -0.854. The molecule has 1 rings (SSSR count). The predicted molar refractivity (Wildman–Crippen MR) is 143 cm³/mol. The number of carbonyl (C=O) groups is 3. The molecule has 0 heterocycles. The van der Waals surface area contributed by atoms with E-state index in [-0.39, 0.29) is 57.9 Å². The van der Waals surface area contributed by atoms with E-state index < -0.39 is 23.7 Å². The summed E-state index contributed by atoms with van der Waals surface area (Å²) in [6.07, 6.45) is 0.0546. The summed E-state index contributed by atoms with van der Waals surface area (Å²) < 4.78 is 15.8. The molecule has 34 heavy (non-hydrogen) atoms. The van der Waals surface area contributed by atoms with Gasteiger partial charge in [-0.05, 0) is 38.7 Å². The number of carbonyl (C=O) groups excluding carboxylic acids is 3. The maximum Gasteiger partial charge on any atom is 0.407 e. The summed E-state index contributed by atoms with van der Waals surface area (Å²) in [5.74, 6) is -0.673. The van der Waals surface area contributed by atoms with Crippen LogP contribution in [0.15, 0.2) is 30.3 Å². The topological polar surface area (TPSA) is 94.2 Å². The number of ether oxygens (including phenoxy) is 3. The van der Waals surface area contributed by atoms with Crippen LogP contribution in [0.25, 0.3) is 0 Å². The van der Waals surface area contributed by atoms with Gasteiger partial charge in [-0.25, -0.2) is 9.59 Å². The summed E-state index contributed by atoms with van der Waals surface area (Å²) in [6, 6.07) is 8.47. The third-order valence-corrected chi connectivity index (χ3v) is 4.90. The van der Waals surface area contributed by atoms with Gasteiger partial charge in [0.15, 0.2) is 6.04 Å². The fourth-order valence-corrected chi connectivity index (χ4v) is 3.00. The molecule has 0 aliphatic rings. The van der Waals surface area contributed by atoms with Gasteiger partial charge in [-0.15, -0.1) is 0 Å². The van der Waals surface area contributed by atoms with Crippen LogP contribution in [-0.2, 0) is 30.4 Å². The summed E-state index contributed by atoms with van der Waals surface area (Å²) in [7, 11) is 2.84. The van der Waals surface area contributed by atoms with Crippen LogP contribution in [0.2, 0.25) is 0 Å². The molecular formula is C24H42N2O6S2. The number of hydrogen-bond donors (Lipinski definition) is 1. The van der Waals surface area contributed by atoms with Crippen LogP contribution in [0.3, 0.4) is 0 Å². The van der Waals surface area contributed by atoms with E-state index in [2.05, 4.69) is 5.32 Å². The number of amides is 2. The summed E-state index contributed by atoms with van der Waals surface area (Å²) in [5.41, 5.74) is 0.368. The van der Waals surface area contributed by atoms with Gasteiger partial charge in [0.2, 0.25) is 5.91 Å². The average molecular weight is 519 g/mol. The van der Waals surface area contributed by atoms with Crippen LogP contribution < -0.4 is 5.32 Å². The monoisotopic (exact) mass is 518 g/mol. The van der Waals surface area contributed by atoms with Gasteiger partial charge in [0, 0.05) is 19.5 Å². The molecule has 0 aromatic heterocycles. The Bertz CT molecular complexity index is 741. The lowest BCUT2D eigenvalue weighted by molar-refractivity contribution is -0.154. The first-order chi connectivity index (χ1) is 14.9. The van der Waals surface area contributed by atoms with Crippen molar-refractivity contribution in [3.8, 4) is 0 Å². The Morgan fingerprint density at radius 1 is 1.06 bits per heavy atom. The highest BCUT2D eigenvalue weighted by Gasteiger charge is 2.29. The number of rotatable bonds is 11. The largest absolute Gasteiger partial charge is 0.467 e. The van der Waals surface area contributed by atoms with Crippen molar-refractivity contribution >= 4 is 45.0 Å². The molecule has 1 aromatic carbocycles. The Morgan fingerprint density at radius 3 is 2.15 bits per heavy atom. The van der Waals surface area contributed by atoms with Crippen LogP contribution >= 0.6 is 27.0 Å². The van der Waals surface area contributed by atoms with E-state index in [1.54, 1.807) is 27.8 Å². The van der Waals surface area contributed by atoms with Gasteiger partial charge in [0.1, 0.15) is 5.60 Å². The third-order valence-electron chi connectivity index (χ3n) is 4.90. The van der Waals surface area contributed by atoms with Gasteiger partial charge in [-0.1, -0.05) is 44.2 Å². The minimum Gasteiger partial charge on any atom is -0.467 e. The zero-order chi connectivity index (χ0) is 24.3. The Kier molecular flexibility index (Phi) is 16.8. The molecule has 0 fully saturated rings. The second-order valence-corrected chi connectivity index (χ2v) is 9.08. The van der Waals surface area contributed by atoms with Crippen molar-refractivity contribution < 1.29 is 28.6 Å². The van der Waals surface area contributed by atoms with Gasteiger partial charge in [0.25, 0.3) is 0 Å². The molecule has 1 N–H and O–H groups in total. The molecule has 0 aliphatic carbocycles. The number of nitrogens with one attached hydrogen (secondary N) is 1. The molecule has 0 saturated carbocycles. The fourth-order valence-electron chi connectivity index (χ4n) is 3.00. The zero-order valence-corrected chi connectivity index (χ0v) is 23.3. The maximum atomic E-state index is 12.8. The summed E-state index contributed by atoms with van der Waals surface area (Å²) in [5, 5.41) is 2.83. The number of hydrogen-bond acceptors (Lipinski definition) is 6. The number of likely N-dealkylation sites (N-methyl/N-ethyl adjacent to an activating group) is 1. The van der Waals surface area contributed by atoms with E-state index in [4.69, 9.17) is 14.2 Å². The van der Waals surface area contributed by atoms with Crippen molar-refractivity contribution in [2.75, 3.05) is 20.8 Å². The van der Waals surface area contributed by atoms with E-state index in [9.17, 15) is 14.4 Å². The van der Waals surface area contributed by atoms with Crippen LogP contribution in [0.5, 0.6) is 0 Å². The molecule has 2 atom stereocenters. The number of alkyl carbamates (subject to hydrolysis) is 1. The maximum absolute atomic E-state index is 12.8. The molecule has 0 spiro atoms. The van der Waals surface area contributed by atoms with Crippen LogP contribution in [0, 0.1) is 5.92 Å². The van der Waals surface area contributed by atoms with Crippen molar-refractivity contribution in [3.63, 3.8) is 0 Å². The second-order valence-electron chi connectivity index (χ2n) is 9.08. The minimum absolute atomic E-state index is 0. The third kappa shape index (κ3) is 13.1. The SMILES string of the molecule is COC(=O)[C@H](COCc1ccccc1)N(C)C(=O)CC[C@H](NC(=O)OC(C)(C)C)C(C)C.S.S. The molecule has 0 saturated heterocycles. The molecule has 2 amide bonds. The van der Waals surface area contributed by atoms with Crippen LogP contribution in [0.1, 0.15) is 53.0 Å². The average Bonchev–Trinajstić information content (AvgIpc) is 2.72. The number of methoxy groups -OCH3 is 1. The lowest BCUT2D eigenvalue weighted by Gasteiger charge is -2.28. The van der Waals surface area contributed by atoms with Gasteiger partial charge >= 0.3 is 12.1 Å². The Hall–Kier alpha value is -1.91. The van der Waals surface area contributed by atoms with Crippen LogP contribution in [0.4, 0.5) is 4.79 Å². The van der Waals surface area contributed by atoms with E-state index in [1.165, 1.54) is 12.0 Å². The molecule has 0 bridgehead atoms. The Morgan fingerprint density at radius 2 is 1.65 bits per heavy atom. The van der Waals surface area contributed by atoms with E-state index in [1.807, 2.05) is 44.2 Å². The molecule has 8 nitrogen and oxygen atoms in total. The molecule has 10 heteroatoms. The van der Waals surface area contributed by atoms with Gasteiger partial charge in [-0.3, -0.25) is 4.79 Å². The first kappa shape index (κ1) is 34.3. The lowest BCUT2D eigenvalue weighted by Crippen LogP contribution is -2.47. The highest BCUT2D eigenvalue weighted by molar-refractivity contribution is 7.59. The first-order valence-electron chi connectivity index (χ1n) is 10.9. The normalized spacial score (nSPS) is 12.5. The lowest BCUT2D eigenvalue weighted by atomic mass is 9.99. The van der Waals surface area contributed by atoms with Crippen LogP contribution in [-0.4, -0.2) is 61.3 Å². The first-order valence-corrected chi connectivity index (χ1v) is 10.9. The highest BCUT2D eigenvalue weighted by Crippen LogP contribution is 2.14. The Balaban J connectivity index is 0. The predicted octanol–water partition coefficient (Wildman–Crippen LogP) is 3.76. The molecule has 0 aliphatic heterocycles. The summed E-state index contributed by atoms with van der Waals surface area (Å²) >= 11 is 0. The van der Waals surface area contributed by atoms with Crippen molar-refractivity contribution in [2.45, 2.75) is 71.8 Å². The quantitative estimate of drug-likeness (QED) is 0.448. The molecule has 1 aromatic rings. The van der Waals surface area contributed by atoms with Crippen molar-refractivity contribution in [2.24, 2.45) is 5.92 Å². The molecular weight excluding hydrogens is 476 g/mol.